The summed E-state index contributed by atoms with van der Waals surface area (Å²) in [6.07, 6.45) is 3.04. The van der Waals surface area contributed by atoms with E-state index in [0.717, 1.165) is 0 Å². The van der Waals surface area contributed by atoms with Gasteiger partial charge in [0.1, 0.15) is 5.70 Å². The first-order valence-corrected chi connectivity index (χ1v) is 10.1. The van der Waals surface area contributed by atoms with E-state index >= 15 is 0 Å². The highest BCUT2D eigenvalue weighted by Gasteiger charge is 2.17. The third-order valence-corrected chi connectivity index (χ3v) is 4.46. The molecule has 0 bridgehead atoms. The number of nitro benzene ring substituents is 1. The van der Waals surface area contributed by atoms with Gasteiger partial charge in [-0.05, 0) is 52.5 Å². The maximum absolute atomic E-state index is 12.6. The van der Waals surface area contributed by atoms with Crippen molar-refractivity contribution in [3.8, 4) is 0 Å². The number of hydrogen-bond donors (Lipinski definition) is 3. The summed E-state index contributed by atoms with van der Waals surface area (Å²) in [7, 11) is 0. The van der Waals surface area contributed by atoms with Crippen molar-refractivity contribution in [3.05, 3.63) is 68.2 Å². The number of carbonyl (C=O) groups excluding carboxylic acids is 2. The van der Waals surface area contributed by atoms with E-state index in [4.69, 9.17) is 9.52 Å². The van der Waals surface area contributed by atoms with Crippen LogP contribution in [-0.2, 0) is 9.59 Å². The lowest BCUT2D eigenvalue weighted by Crippen LogP contribution is -2.35. The zero-order valence-electron chi connectivity index (χ0n) is 16.3. The Kier molecular flexibility index (Phi) is 8.94. The third kappa shape index (κ3) is 8.05. The van der Waals surface area contributed by atoms with Crippen molar-refractivity contribution in [1.82, 2.24) is 10.6 Å². The number of nitrogens with one attached hydrogen (secondary N) is 2. The first-order valence-electron chi connectivity index (χ1n) is 9.29. The highest BCUT2D eigenvalue weighted by Crippen LogP contribution is 2.17. The molecule has 2 aromatic rings. The number of furan rings is 1. The highest BCUT2D eigenvalue weighted by molar-refractivity contribution is 9.10. The SMILES string of the molecule is O=C(O)CCCCCNC(=O)/C(=C\c1cccc([N+](=O)[O-])c1)NC(=O)c1ccc(Br)o1. The number of carbonyl (C=O) groups is 3. The maximum atomic E-state index is 12.6. The van der Waals surface area contributed by atoms with Gasteiger partial charge < -0.3 is 20.2 Å². The van der Waals surface area contributed by atoms with Crippen molar-refractivity contribution in [2.45, 2.75) is 25.7 Å². The van der Waals surface area contributed by atoms with Gasteiger partial charge in [-0.1, -0.05) is 18.6 Å². The van der Waals surface area contributed by atoms with Gasteiger partial charge in [0.25, 0.3) is 17.5 Å². The molecule has 0 aliphatic carbocycles. The number of nitrogens with zero attached hydrogens (tertiary/aromatic N) is 1. The summed E-state index contributed by atoms with van der Waals surface area (Å²) in [5.41, 5.74) is 0.0681. The lowest BCUT2D eigenvalue weighted by molar-refractivity contribution is -0.384. The molecule has 31 heavy (non-hydrogen) atoms. The molecule has 11 heteroatoms. The molecule has 2 amide bonds. The number of nitro groups is 1. The van der Waals surface area contributed by atoms with Gasteiger partial charge in [0.15, 0.2) is 10.4 Å². The summed E-state index contributed by atoms with van der Waals surface area (Å²) in [6.45, 7) is 0.271. The lowest BCUT2D eigenvalue weighted by atomic mass is 10.1. The predicted molar refractivity (Wildman–Crippen MR) is 114 cm³/mol. The zero-order chi connectivity index (χ0) is 22.8. The summed E-state index contributed by atoms with van der Waals surface area (Å²) >= 11 is 3.09. The fourth-order valence-corrected chi connectivity index (χ4v) is 2.86. The molecule has 1 aromatic carbocycles. The number of rotatable bonds is 11. The smallest absolute Gasteiger partial charge is 0.303 e. The molecule has 0 unspecified atom stereocenters. The van der Waals surface area contributed by atoms with E-state index in [1.165, 1.54) is 36.4 Å². The van der Waals surface area contributed by atoms with Gasteiger partial charge in [-0.15, -0.1) is 0 Å². The average Bonchev–Trinajstić information content (AvgIpc) is 3.16. The number of amides is 2. The Bertz CT molecular complexity index is 1000. The number of benzene rings is 1. The van der Waals surface area contributed by atoms with Gasteiger partial charge in [-0.2, -0.15) is 0 Å². The second-order valence-electron chi connectivity index (χ2n) is 6.43. The normalized spacial score (nSPS) is 11.1. The summed E-state index contributed by atoms with van der Waals surface area (Å²) in [4.78, 5) is 46.0. The average molecular weight is 494 g/mol. The molecule has 10 nitrogen and oxygen atoms in total. The van der Waals surface area contributed by atoms with Crippen molar-refractivity contribution >= 4 is 45.5 Å². The number of halogens is 1. The van der Waals surface area contributed by atoms with E-state index in [2.05, 4.69) is 26.6 Å². The molecular formula is C20H20BrN3O7. The Morgan fingerprint density at radius 1 is 1.16 bits per heavy atom. The molecule has 0 aliphatic rings. The Hall–Kier alpha value is -3.47. The van der Waals surface area contributed by atoms with Gasteiger partial charge in [-0.3, -0.25) is 24.5 Å². The monoisotopic (exact) mass is 493 g/mol. The van der Waals surface area contributed by atoms with Crippen molar-refractivity contribution < 1.29 is 28.8 Å². The number of hydrogen-bond acceptors (Lipinski definition) is 6. The number of carboxylic acid groups (broad SMARTS) is 1. The molecule has 2 rings (SSSR count). The van der Waals surface area contributed by atoms with Crippen LogP contribution >= 0.6 is 15.9 Å². The van der Waals surface area contributed by atoms with E-state index in [0.29, 0.717) is 29.5 Å². The first kappa shape index (κ1) is 23.8. The number of aliphatic carboxylic acids is 1. The Morgan fingerprint density at radius 2 is 1.94 bits per heavy atom. The molecule has 1 aromatic heterocycles. The lowest BCUT2D eigenvalue weighted by Gasteiger charge is -2.10. The van der Waals surface area contributed by atoms with E-state index in [-0.39, 0.29) is 30.1 Å². The van der Waals surface area contributed by atoms with Gasteiger partial charge in [0.05, 0.1) is 4.92 Å². The second kappa shape index (κ2) is 11.6. The molecule has 0 fully saturated rings. The van der Waals surface area contributed by atoms with Crippen LogP contribution in [0.3, 0.4) is 0 Å². The van der Waals surface area contributed by atoms with E-state index in [1.54, 1.807) is 6.07 Å². The van der Waals surface area contributed by atoms with Crippen molar-refractivity contribution in [3.63, 3.8) is 0 Å². The Morgan fingerprint density at radius 3 is 2.58 bits per heavy atom. The Labute approximate surface area is 185 Å². The van der Waals surface area contributed by atoms with E-state index < -0.39 is 22.7 Å². The molecule has 0 spiro atoms. The quantitative estimate of drug-likeness (QED) is 0.187. The highest BCUT2D eigenvalue weighted by atomic mass is 79.9. The van der Waals surface area contributed by atoms with Gasteiger partial charge in [0.2, 0.25) is 0 Å². The summed E-state index contributed by atoms with van der Waals surface area (Å²) in [6, 6.07) is 8.55. The molecular weight excluding hydrogens is 474 g/mol. The molecule has 0 aliphatic heterocycles. The largest absolute Gasteiger partial charge is 0.481 e. The first-order chi connectivity index (χ1) is 14.8. The topological polar surface area (TPSA) is 152 Å². The molecule has 164 valence electrons. The fourth-order valence-electron chi connectivity index (χ4n) is 2.55. The third-order valence-electron chi connectivity index (χ3n) is 4.03. The van der Waals surface area contributed by atoms with Crippen LogP contribution in [0.15, 0.2) is 51.2 Å². The van der Waals surface area contributed by atoms with Crippen LogP contribution in [-0.4, -0.2) is 34.4 Å². The van der Waals surface area contributed by atoms with Crippen LogP contribution in [0.1, 0.15) is 41.8 Å². The maximum Gasteiger partial charge on any atom is 0.303 e. The summed E-state index contributed by atoms with van der Waals surface area (Å²) in [5, 5.41) is 24.7. The fraction of sp³-hybridized carbons (Fsp3) is 0.250. The van der Waals surface area contributed by atoms with Crippen LogP contribution in [0.2, 0.25) is 0 Å². The predicted octanol–water partition coefficient (Wildman–Crippen LogP) is 3.48. The minimum atomic E-state index is -0.876. The van der Waals surface area contributed by atoms with Crippen LogP contribution in [0.25, 0.3) is 6.08 Å². The minimum absolute atomic E-state index is 0.0294. The minimum Gasteiger partial charge on any atom is -0.481 e. The van der Waals surface area contributed by atoms with Gasteiger partial charge in [0, 0.05) is 25.1 Å². The Balaban J connectivity index is 2.12. The van der Waals surface area contributed by atoms with Crippen LogP contribution in [0.4, 0.5) is 5.69 Å². The van der Waals surface area contributed by atoms with E-state index in [9.17, 15) is 24.5 Å². The van der Waals surface area contributed by atoms with Gasteiger partial charge >= 0.3 is 5.97 Å². The summed E-state index contributed by atoms with van der Waals surface area (Å²) in [5.74, 6) is -2.17. The number of non-ortho nitro benzene ring substituents is 1. The summed E-state index contributed by atoms with van der Waals surface area (Å²) < 4.78 is 5.52. The molecule has 3 N–H and O–H groups in total. The zero-order valence-corrected chi connectivity index (χ0v) is 17.9. The van der Waals surface area contributed by atoms with Crippen LogP contribution in [0.5, 0.6) is 0 Å². The van der Waals surface area contributed by atoms with E-state index in [1.807, 2.05) is 0 Å². The van der Waals surface area contributed by atoms with Crippen molar-refractivity contribution in [2.24, 2.45) is 0 Å². The van der Waals surface area contributed by atoms with Crippen molar-refractivity contribution in [1.29, 1.82) is 0 Å². The molecule has 0 radical (unpaired) electrons. The number of unbranched alkanes of at least 4 members (excludes halogenated alkanes) is 2. The van der Waals surface area contributed by atoms with Crippen LogP contribution in [0, 0.1) is 10.1 Å². The molecule has 0 atom stereocenters. The standard InChI is InChI=1S/C20H20BrN3O7/c21-17-9-8-16(31-17)20(28)23-15(12-13-5-4-6-14(11-13)24(29)30)19(27)22-10-3-1-2-7-18(25)26/h4-6,8-9,11-12H,1-3,7,10H2,(H,22,27)(H,23,28)(H,25,26)/b15-12+. The molecule has 0 saturated carbocycles. The van der Waals surface area contributed by atoms with Crippen molar-refractivity contribution in [2.75, 3.05) is 6.54 Å². The molecule has 1 heterocycles. The molecule has 0 saturated heterocycles. The van der Waals surface area contributed by atoms with Crippen LogP contribution < -0.4 is 10.6 Å². The van der Waals surface area contributed by atoms with Gasteiger partial charge in [-0.25, -0.2) is 0 Å². The second-order valence-corrected chi connectivity index (χ2v) is 7.21. The number of carboxylic acids is 1.